The molecule has 1 N–H and O–H groups in total. The predicted molar refractivity (Wildman–Crippen MR) is 78.3 cm³/mol. The largest absolute Gasteiger partial charge is 0.492 e. The molecule has 0 aliphatic carbocycles. The molecule has 1 rings (SSSR count). The van der Waals surface area contributed by atoms with Crippen LogP contribution in [0.25, 0.3) is 0 Å². The van der Waals surface area contributed by atoms with Crippen molar-refractivity contribution in [3.8, 4) is 11.8 Å². The second kappa shape index (κ2) is 7.37. The second-order valence-electron chi connectivity index (χ2n) is 5.21. The molecule has 0 unspecified atom stereocenters. The van der Waals surface area contributed by atoms with Gasteiger partial charge in [0.1, 0.15) is 5.75 Å². The van der Waals surface area contributed by atoms with Crippen LogP contribution in [0, 0.1) is 16.7 Å². The van der Waals surface area contributed by atoms with Crippen molar-refractivity contribution in [2.24, 2.45) is 5.41 Å². The summed E-state index contributed by atoms with van der Waals surface area (Å²) in [4.78, 5) is 0. The highest BCUT2D eigenvalue weighted by atomic mass is 35.5. The topological polar surface area (TPSA) is 45.0 Å². The number of hydrogen-bond donors (Lipinski definition) is 1. The van der Waals surface area contributed by atoms with Gasteiger partial charge in [-0.05, 0) is 39.8 Å². The Labute approximate surface area is 120 Å². The van der Waals surface area contributed by atoms with Crippen molar-refractivity contribution in [3.05, 3.63) is 28.8 Å². The molecule has 0 amide bonds. The maximum atomic E-state index is 8.95. The number of benzene rings is 1. The molecule has 104 valence electrons. The molecule has 0 aromatic heterocycles. The number of nitrogens with zero attached hydrogens (tertiary/aromatic N) is 1. The van der Waals surface area contributed by atoms with Crippen LogP contribution in [-0.2, 0) is 6.54 Å². The highest BCUT2D eigenvalue weighted by Crippen LogP contribution is 2.29. The number of hydrogen-bond acceptors (Lipinski definition) is 3. The lowest BCUT2D eigenvalue weighted by Crippen LogP contribution is -2.11. The van der Waals surface area contributed by atoms with Crippen LogP contribution in [0.5, 0.6) is 5.75 Å². The average Bonchev–Trinajstić information content (AvgIpc) is 2.37. The first-order valence-electron chi connectivity index (χ1n) is 6.46. The van der Waals surface area contributed by atoms with Crippen molar-refractivity contribution in [3.63, 3.8) is 0 Å². The third-order valence-corrected chi connectivity index (χ3v) is 3.21. The van der Waals surface area contributed by atoms with Crippen molar-refractivity contribution in [1.82, 2.24) is 5.32 Å². The summed E-state index contributed by atoms with van der Waals surface area (Å²) in [5.74, 6) is 0.744. The van der Waals surface area contributed by atoms with Crippen LogP contribution >= 0.6 is 11.6 Å². The van der Waals surface area contributed by atoms with E-state index >= 15 is 0 Å². The van der Waals surface area contributed by atoms with Gasteiger partial charge in [0.15, 0.2) is 0 Å². The van der Waals surface area contributed by atoms with E-state index in [4.69, 9.17) is 21.6 Å². The molecular weight excluding hydrogens is 260 g/mol. The molecule has 0 radical (unpaired) electrons. The number of halogens is 1. The molecule has 4 heteroatoms. The zero-order valence-electron chi connectivity index (χ0n) is 11.8. The summed E-state index contributed by atoms with van der Waals surface area (Å²) >= 11 is 6.16. The summed E-state index contributed by atoms with van der Waals surface area (Å²) in [6, 6.07) is 8.03. The standard InChI is InChI=1S/C15H21ClN2O/c1-15(2,11-17)8-5-9-19-14-12(10-18-3)6-4-7-13(14)16/h4,6-7,18H,5,8-10H2,1-3H3. The lowest BCUT2D eigenvalue weighted by atomic mass is 9.90. The summed E-state index contributed by atoms with van der Waals surface area (Å²) in [7, 11) is 1.89. The van der Waals surface area contributed by atoms with Crippen LogP contribution in [0.4, 0.5) is 0 Å². The smallest absolute Gasteiger partial charge is 0.142 e. The van der Waals surface area contributed by atoms with Gasteiger partial charge in [0.05, 0.1) is 23.1 Å². The SMILES string of the molecule is CNCc1cccc(Cl)c1OCCCC(C)(C)C#N. The summed E-state index contributed by atoms with van der Waals surface area (Å²) in [6.07, 6.45) is 1.65. The summed E-state index contributed by atoms with van der Waals surface area (Å²) in [5.41, 5.74) is 0.757. The van der Waals surface area contributed by atoms with E-state index in [1.807, 2.05) is 39.1 Å². The summed E-state index contributed by atoms with van der Waals surface area (Å²) in [6.45, 7) is 5.18. The van der Waals surface area contributed by atoms with Crippen LogP contribution in [0.2, 0.25) is 5.02 Å². The normalized spacial score (nSPS) is 11.1. The van der Waals surface area contributed by atoms with Gasteiger partial charge in [0, 0.05) is 12.1 Å². The molecule has 1 aromatic carbocycles. The van der Waals surface area contributed by atoms with Crippen molar-refractivity contribution < 1.29 is 4.74 Å². The van der Waals surface area contributed by atoms with E-state index in [0.717, 1.165) is 30.7 Å². The highest BCUT2D eigenvalue weighted by molar-refractivity contribution is 6.32. The van der Waals surface area contributed by atoms with E-state index in [-0.39, 0.29) is 5.41 Å². The maximum Gasteiger partial charge on any atom is 0.142 e. The maximum absolute atomic E-state index is 8.95. The van der Waals surface area contributed by atoms with Gasteiger partial charge in [0.25, 0.3) is 0 Å². The minimum atomic E-state index is -0.294. The number of rotatable bonds is 7. The first-order valence-corrected chi connectivity index (χ1v) is 6.84. The Bertz CT molecular complexity index is 452. The van der Waals surface area contributed by atoms with E-state index in [2.05, 4.69) is 11.4 Å². The van der Waals surface area contributed by atoms with Gasteiger partial charge in [-0.1, -0.05) is 23.7 Å². The molecule has 0 heterocycles. The molecule has 0 saturated carbocycles. The fraction of sp³-hybridized carbons (Fsp3) is 0.533. The molecule has 0 aliphatic rings. The number of ether oxygens (including phenoxy) is 1. The number of para-hydroxylation sites is 1. The van der Waals surface area contributed by atoms with Crippen LogP contribution < -0.4 is 10.1 Å². The van der Waals surface area contributed by atoms with Gasteiger partial charge in [0.2, 0.25) is 0 Å². The fourth-order valence-electron chi connectivity index (χ4n) is 1.79. The van der Waals surface area contributed by atoms with Gasteiger partial charge in [-0.2, -0.15) is 5.26 Å². The van der Waals surface area contributed by atoms with Gasteiger partial charge in [-0.25, -0.2) is 0 Å². The van der Waals surface area contributed by atoms with Crippen molar-refractivity contribution in [2.75, 3.05) is 13.7 Å². The molecule has 0 bridgehead atoms. The first kappa shape index (κ1) is 15.8. The van der Waals surface area contributed by atoms with Gasteiger partial charge >= 0.3 is 0 Å². The fourth-order valence-corrected chi connectivity index (χ4v) is 2.04. The average molecular weight is 281 g/mol. The molecule has 1 aromatic rings. The zero-order valence-corrected chi connectivity index (χ0v) is 12.5. The molecule has 0 atom stereocenters. The van der Waals surface area contributed by atoms with Gasteiger partial charge < -0.3 is 10.1 Å². The van der Waals surface area contributed by atoms with Crippen molar-refractivity contribution in [1.29, 1.82) is 5.26 Å². The highest BCUT2D eigenvalue weighted by Gasteiger charge is 2.16. The van der Waals surface area contributed by atoms with E-state index in [9.17, 15) is 0 Å². The van der Waals surface area contributed by atoms with Gasteiger partial charge in [-0.15, -0.1) is 0 Å². The predicted octanol–water partition coefficient (Wildman–Crippen LogP) is 3.77. The first-order chi connectivity index (χ1) is 9.00. The Morgan fingerprint density at radius 1 is 1.42 bits per heavy atom. The minimum Gasteiger partial charge on any atom is -0.492 e. The van der Waals surface area contributed by atoms with Gasteiger partial charge in [-0.3, -0.25) is 0 Å². The molecule has 0 aliphatic heterocycles. The Kier molecular flexibility index (Phi) is 6.14. The van der Waals surface area contributed by atoms with Crippen LogP contribution in [-0.4, -0.2) is 13.7 Å². The Hall–Kier alpha value is -1.24. The number of nitrogens with one attached hydrogen (secondary N) is 1. The van der Waals surface area contributed by atoms with E-state index < -0.39 is 0 Å². The molecule has 19 heavy (non-hydrogen) atoms. The molecular formula is C15H21ClN2O. The van der Waals surface area contributed by atoms with E-state index in [1.54, 1.807) is 0 Å². The van der Waals surface area contributed by atoms with Crippen LogP contribution in [0.1, 0.15) is 32.3 Å². The lowest BCUT2D eigenvalue weighted by molar-refractivity contribution is 0.281. The summed E-state index contributed by atoms with van der Waals surface area (Å²) in [5, 5.41) is 12.7. The minimum absolute atomic E-state index is 0.294. The quantitative estimate of drug-likeness (QED) is 0.773. The lowest BCUT2D eigenvalue weighted by Gasteiger charge is -2.16. The Morgan fingerprint density at radius 2 is 2.16 bits per heavy atom. The third-order valence-electron chi connectivity index (χ3n) is 2.91. The molecule has 0 spiro atoms. The van der Waals surface area contributed by atoms with E-state index in [0.29, 0.717) is 11.6 Å². The second-order valence-corrected chi connectivity index (χ2v) is 5.61. The Balaban J connectivity index is 2.56. The zero-order chi connectivity index (χ0) is 14.3. The van der Waals surface area contributed by atoms with E-state index in [1.165, 1.54) is 0 Å². The van der Waals surface area contributed by atoms with Crippen LogP contribution in [0.15, 0.2) is 18.2 Å². The summed E-state index contributed by atoms with van der Waals surface area (Å²) < 4.78 is 5.78. The molecule has 0 saturated heterocycles. The molecule has 3 nitrogen and oxygen atoms in total. The monoisotopic (exact) mass is 280 g/mol. The third kappa shape index (κ3) is 5.10. The number of nitriles is 1. The molecule has 0 fully saturated rings. The van der Waals surface area contributed by atoms with Crippen molar-refractivity contribution in [2.45, 2.75) is 33.2 Å². The Morgan fingerprint density at radius 3 is 2.79 bits per heavy atom. The van der Waals surface area contributed by atoms with Crippen LogP contribution in [0.3, 0.4) is 0 Å². The van der Waals surface area contributed by atoms with Crippen molar-refractivity contribution >= 4 is 11.6 Å².